The first kappa shape index (κ1) is 15.8. The van der Waals surface area contributed by atoms with E-state index in [0.29, 0.717) is 11.4 Å². The molecule has 22 heavy (non-hydrogen) atoms. The molecule has 7 nitrogen and oxygen atoms in total. The Hall–Kier alpha value is -2.57. The lowest BCUT2D eigenvalue weighted by atomic mass is 9.84. The van der Waals surface area contributed by atoms with Gasteiger partial charge in [0.2, 0.25) is 5.91 Å². The van der Waals surface area contributed by atoms with Crippen molar-refractivity contribution in [2.45, 2.75) is 19.4 Å². The normalized spacial score (nSPS) is 20.3. The van der Waals surface area contributed by atoms with Crippen LogP contribution in [0.15, 0.2) is 24.3 Å². The Morgan fingerprint density at radius 3 is 2.41 bits per heavy atom. The Labute approximate surface area is 127 Å². The number of amides is 1. The first-order valence-corrected chi connectivity index (χ1v) is 6.85. The van der Waals surface area contributed by atoms with Gasteiger partial charge in [-0.15, -0.1) is 0 Å². The van der Waals surface area contributed by atoms with Crippen molar-refractivity contribution in [3.63, 3.8) is 0 Å². The molecule has 2 atom stereocenters. The Bertz CT molecular complexity index is 582. The second kappa shape index (κ2) is 6.46. The van der Waals surface area contributed by atoms with Crippen LogP contribution in [0, 0.1) is 5.92 Å². The van der Waals surface area contributed by atoms with Crippen LogP contribution in [-0.2, 0) is 19.1 Å². The summed E-state index contributed by atoms with van der Waals surface area (Å²) in [6.45, 7) is 1.85. The summed E-state index contributed by atoms with van der Waals surface area (Å²) in [6.07, 6.45) is -0.226. The van der Waals surface area contributed by atoms with E-state index in [9.17, 15) is 19.5 Å². The molecule has 1 aliphatic rings. The van der Waals surface area contributed by atoms with Crippen LogP contribution in [0.3, 0.4) is 0 Å². The van der Waals surface area contributed by atoms with E-state index in [2.05, 4.69) is 0 Å². The summed E-state index contributed by atoms with van der Waals surface area (Å²) in [5, 5.41) is 9.33. The predicted octanol–water partition coefficient (Wildman–Crippen LogP) is 1.06. The number of anilines is 1. The van der Waals surface area contributed by atoms with Crippen LogP contribution in [-0.4, -0.2) is 42.7 Å². The molecule has 1 amide bonds. The molecular weight excluding hydrogens is 290 g/mol. The van der Waals surface area contributed by atoms with Gasteiger partial charge in [0.05, 0.1) is 26.1 Å². The topological polar surface area (TPSA) is 93.1 Å². The van der Waals surface area contributed by atoms with Crippen LogP contribution in [0.4, 0.5) is 5.69 Å². The van der Waals surface area contributed by atoms with Gasteiger partial charge in [-0.05, 0) is 31.2 Å². The van der Waals surface area contributed by atoms with Gasteiger partial charge >= 0.3 is 11.9 Å². The van der Waals surface area contributed by atoms with E-state index in [1.807, 2.05) is 0 Å². The number of aliphatic carboxylic acids is 1. The molecule has 1 heterocycles. The van der Waals surface area contributed by atoms with Crippen LogP contribution in [0.25, 0.3) is 0 Å². The highest BCUT2D eigenvalue weighted by Crippen LogP contribution is 2.35. The van der Waals surface area contributed by atoms with Crippen molar-refractivity contribution in [2.24, 2.45) is 5.92 Å². The van der Waals surface area contributed by atoms with E-state index < -0.39 is 29.8 Å². The van der Waals surface area contributed by atoms with Gasteiger partial charge in [-0.2, -0.15) is 0 Å². The third kappa shape index (κ3) is 2.88. The molecule has 1 N–H and O–H groups in total. The van der Waals surface area contributed by atoms with Gasteiger partial charge in [-0.1, -0.05) is 0 Å². The molecular formula is C15H17NO6. The lowest BCUT2D eigenvalue weighted by Crippen LogP contribution is -2.65. The molecule has 1 fully saturated rings. The van der Waals surface area contributed by atoms with E-state index in [1.54, 1.807) is 31.2 Å². The van der Waals surface area contributed by atoms with Gasteiger partial charge in [0, 0.05) is 5.69 Å². The Morgan fingerprint density at radius 2 is 1.91 bits per heavy atom. The maximum absolute atomic E-state index is 12.2. The minimum absolute atomic E-state index is 0.194. The van der Waals surface area contributed by atoms with Crippen molar-refractivity contribution in [3.8, 4) is 5.75 Å². The average molecular weight is 307 g/mol. The lowest BCUT2D eigenvalue weighted by molar-refractivity contribution is -0.154. The number of carbonyl (C=O) groups is 3. The highest BCUT2D eigenvalue weighted by atomic mass is 16.5. The fourth-order valence-electron chi connectivity index (χ4n) is 2.46. The first-order valence-electron chi connectivity index (χ1n) is 6.85. The van der Waals surface area contributed by atoms with Crippen LogP contribution >= 0.6 is 0 Å². The SMILES string of the molecule is CCOC(=O)C[C@@H]1C(=O)N(c2ccc(OC)cc2)[C@@H]1C(=O)O. The van der Waals surface area contributed by atoms with Gasteiger partial charge in [0.25, 0.3) is 0 Å². The fraction of sp³-hybridized carbons (Fsp3) is 0.400. The van der Waals surface area contributed by atoms with E-state index in [-0.39, 0.29) is 13.0 Å². The minimum Gasteiger partial charge on any atom is -0.497 e. The highest BCUT2D eigenvalue weighted by molar-refractivity contribution is 6.11. The molecule has 0 saturated carbocycles. The van der Waals surface area contributed by atoms with Crippen LogP contribution in [0.5, 0.6) is 5.75 Å². The van der Waals surface area contributed by atoms with E-state index in [4.69, 9.17) is 9.47 Å². The summed E-state index contributed by atoms with van der Waals surface area (Å²) < 4.78 is 9.80. The Balaban J connectivity index is 2.17. The largest absolute Gasteiger partial charge is 0.497 e. The number of rotatable bonds is 6. The number of hydrogen-bond acceptors (Lipinski definition) is 5. The minimum atomic E-state index is -1.15. The summed E-state index contributed by atoms with van der Waals surface area (Å²) in [6, 6.07) is 5.42. The second-order valence-corrected chi connectivity index (χ2v) is 4.80. The van der Waals surface area contributed by atoms with Crippen LogP contribution < -0.4 is 9.64 Å². The van der Waals surface area contributed by atoms with Gasteiger partial charge in [-0.3, -0.25) is 14.5 Å². The number of benzene rings is 1. The highest BCUT2D eigenvalue weighted by Gasteiger charge is 2.53. The molecule has 2 rings (SSSR count). The summed E-state index contributed by atoms with van der Waals surface area (Å²) in [5.41, 5.74) is 0.457. The second-order valence-electron chi connectivity index (χ2n) is 4.80. The van der Waals surface area contributed by atoms with Gasteiger partial charge in [-0.25, -0.2) is 4.79 Å². The number of carboxylic acid groups (broad SMARTS) is 1. The molecule has 1 aliphatic heterocycles. The predicted molar refractivity (Wildman–Crippen MR) is 76.6 cm³/mol. The number of carbonyl (C=O) groups excluding carboxylic acids is 2. The summed E-state index contributed by atoms with van der Waals surface area (Å²) in [5.74, 6) is -2.40. The number of carboxylic acids is 1. The zero-order valence-corrected chi connectivity index (χ0v) is 12.3. The quantitative estimate of drug-likeness (QED) is 0.624. The van der Waals surface area contributed by atoms with Crippen molar-refractivity contribution in [1.29, 1.82) is 0 Å². The maximum atomic E-state index is 12.2. The molecule has 0 spiro atoms. The number of β-lactam (4-membered cyclic amide) rings is 1. The third-order valence-corrected chi connectivity index (χ3v) is 3.51. The molecule has 1 aromatic rings. The Kier molecular flexibility index (Phi) is 4.65. The molecule has 0 aromatic heterocycles. The standard InChI is InChI=1S/C15H17NO6/c1-3-22-12(17)8-11-13(15(19)20)16(14(11)18)9-4-6-10(21-2)7-5-9/h4-7,11,13H,3,8H2,1-2H3,(H,19,20)/t11-,13-/m0/s1. The smallest absolute Gasteiger partial charge is 0.327 e. The molecule has 0 aliphatic carbocycles. The van der Waals surface area contributed by atoms with E-state index >= 15 is 0 Å². The van der Waals surface area contributed by atoms with E-state index in [1.165, 1.54) is 12.0 Å². The zero-order chi connectivity index (χ0) is 16.3. The molecule has 0 unspecified atom stereocenters. The van der Waals surface area contributed by atoms with Crippen molar-refractivity contribution in [3.05, 3.63) is 24.3 Å². The van der Waals surface area contributed by atoms with Gasteiger partial charge in [0.15, 0.2) is 0 Å². The van der Waals surface area contributed by atoms with E-state index in [0.717, 1.165) is 0 Å². The summed E-state index contributed by atoms with van der Waals surface area (Å²) in [7, 11) is 1.51. The molecule has 1 aromatic carbocycles. The number of esters is 1. The van der Waals surface area contributed by atoms with Crippen molar-refractivity contribution >= 4 is 23.5 Å². The number of hydrogen-bond donors (Lipinski definition) is 1. The maximum Gasteiger partial charge on any atom is 0.327 e. The number of ether oxygens (including phenoxy) is 2. The van der Waals surface area contributed by atoms with Crippen LogP contribution in [0.1, 0.15) is 13.3 Å². The van der Waals surface area contributed by atoms with Crippen LogP contribution in [0.2, 0.25) is 0 Å². The Morgan fingerprint density at radius 1 is 1.27 bits per heavy atom. The number of nitrogens with zero attached hydrogens (tertiary/aromatic N) is 1. The monoisotopic (exact) mass is 307 g/mol. The lowest BCUT2D eigenvalue weighted by Gasteiger charge is -2.44. The summed E-state index contributed by atoms with van der Waals surface area (Å²) in [4.78, 5) is 36.3. The molecule has 1 saturated heterocycles. The van der Waals surface area contributed by atoms with Crippen molar-refractivity contribution < 1.29 is 29.0 Å². The first-order chi connectivity index (χ1) is 10.5. The third-order valence-electron chi connectivity index (χ3n) is 3.51. The number of methoxy groups -OCH3 is 1. The van der Waals surface area contributed by atoms with Gasteiger partial charge in [0.1, 0.15) is 11.8 Å². The average Bonchev–Trinajstić information content (AvgIpc) is 2.50. The van der Waals surface area contributed by atoms with Crippen molar-refractivity contribution in [2.75, 3.05) is 18.6 Å². The summed E-state index contributed by atoms with van der Waals surface area (Å²) >= 11 is 0. The molecule has 7 heteroatoms. The fourth-order valence-corrected chi connectivity index (χ4v) is 2.46. The zero-order valence-electron chi connectivity index (χ0n) is 12.3. The van der Waals surface area contributed by atoms with Gasteiger partial charge < -0.3 is 14.6 Å². The molecule has 118 valence electrons. The molecule has 0 radical (unpaired) electrons. The van der Waals surface area contributed by atoms with Crippen molar-refractivity contribution in [1.82, 2.24) is 0 Å². The molecule has 0 bridgehead atoms.